The molecule has 0 heterocycles. The first kappa shape index (κ1) is 12.7. The van der Waals surface area contributed by atoms with Crippen molar-refractivity contribution in [3.63, 3.8) is 0 Å². The summed E-state index contributed by atoms with van der Waals surface area (Å²) in [6, 6.07) is 10.5. The highest BCUT2D eigenvalue weighted by Crippen LogP contribution is 2.33. The Hall–Kier alpha value is -0.790. The van der Waals surface area contributed by atoms with Gasteiger partial charge in [-0.25, -0.2) is 0 Å². The van der Waals surface area contributed by atoms with Gasteiger partial charge in [0.25, 0.3) is 0 Å². The Kier molecular flexibility index (Phi) is 3.60. The van der Waals surface area contributed by atoms with Crippen LogP contribution in [0, 0.1) is 20.8 Å². The molecule has 0 aromatic heterocycles. The van der Waals surface area contributed by atoms with E-state index in [0.29, 0.717) is 0 Å². The zero-order valence-corrected chi connectivity index (χ0v) is 12.5. The van der Waals surface area contributed by atoms with Gasteiger partial charge in [-0.1, -0.05) is 35.4 Å². The van der Waals surface area contributed by atoms with Gasteiger partial charge in [0.1, 0.15) is 0 Å². The molecule has 0 aliphatic carbocycles. The molecular weight excluding hydrogens is 296 g/mol. The summed E-state index contributed by atoms with van der Waals surface area (Å²) in [4.78, 5) is 0. The summed E-state index contributed by atoms with van der Waals surface area (Å²) in [6.45, 7) is 6.43. The van der Waals surface area contributed by atoms with E-state index < -0.39 is 0 Å². The van der Waals surface area contributed by atoms with Crippen molar-refractivity contribution in [3.05, 3.63) is 56.5 Å². The predicted molar refractivity (Wildman–Crippen MR) is 78.8 cm³/mol. The molecule has 2 aromatic carbocycles. The van der Waals surface area contributed by atoms with E-state index in [0.717, 1.165) is 9.50 Å². The zero-order chi connectivity index (χ0) is 12.6. The summed E-state index contributed by atoms with van der Waals surface area (Å²) in [6.07, 6.45) is 0. The van der Waals surface area contributed by atoms with Gasteiger partial charge in [0.2, 0.25) is 0 Å². The van der Waals surface area contributed by atoms with Crippen molar-refractivity contribution in [3.8, 4) is 11.1 Å². The second-order valence-electron chi connectivity index (χ2n) is 4.40. The van der Waals surface area contributed by atoms with Crippen LogP contribution in [0.1, 0.15) is 16.7 Å². The molecule has 2 heteroatoms. The number of halogens is 2. The van der Waals surface area contributed by atoms with Crippen LogP contribution in [-0.4, -0.2) is 0 Å². The molecule has 0 spiro atoms. The van der Waals surface area contributed by atoms with Crippen LogP contribution in [0.3, 0.4) is 0 Å². The molecule has 0 atom stereocenters. The quantitative estimate of drug-likeness (QED) is 0.634. The van der Waals surface area contributed by atoms with Crippen LogP contribution in [0.2, 0.25) is 5.02 Å². The maximum absolute atomic E-state index is 6.03. The fraction of sp³-hybridized carbons (Fsp3) is 0.200. The Bertz CT molecular complexity index is 550. The van der Waals surface area contributed by atoms with Crippen LogP contribution in [-0.2, 0) is 0 Å². The van der Waals surface area contributed by atoms with Crippen molar-refractivity contribution in [1.82, 2.24) is 0 Å². The first-order valence-electron chi connectivity index (χ1n) is 5.52. The van der Waals surface area contributed by atoms with E-state index in [4.69, 9.17) is 11.6 Å². The van der Waals surface area contributed by atoms with Crippen molar-refractivity contribution in [2.24, 2.45) is 0 Å². The highest BCUT2D eigenvalue weighted by atomic mass is 79.9. The molecule has 17 heavy (non-hydrogen) atoms. The first-order chi connectivity index (χ1) is 7.99. The molecular formula is C15H14BrCl. The van der Waals surface area contributed by atoms with Gasteiger partial charge >= 0.3 is 0 Å². The number of hydrogen-bond acceptors (Lipinski definition) is 0. The third-order valence-electron chi connectivity index (χ3n) is 2.89. The fourth-order valence-corrected chi connectivity index (χ4v) is 2.78. The van der Waals surface area contributed by atoms with Crippen molar-refractivity contribution < 1.29 is 0 Å². The lowest BCUT2D eigenvalue weighted by Crippen LogP contribution is -1.90. The van der Waals surface area contributed by atoms with Crippen LogP contribution < -0.4 is 0 Å². The topological polar surface area (TPSA) is 0 Å². The van der Waals surface area contributed by atoms with Gasteiger partial charge in [-0.05, 0) is 71.1 Å². The lowest BCUT2D eigenvalue weighted by atomic mass is 9.94. The Morgan fingerprint density at radius 2 is 1.53 bits per heavy atom. The number of aryl methyl sites for hydroxylation is 3. The average molecular weight is 310 g/mol. The standard InChI is InChI=1S/C15H14BrCl/c1-9-6-10(2)15(11(3)7-9)12-4-5-14(17)13(16)8-12/h4-8H,1-3H3. The Labute approximate surface area is 116 Å². The predicted octanol–water partition coefficient (Wildman–Crippen LogP) is 5.69. The van der Waals surface area contributed by atoms with Crippen LogP contribution in [0.5, 0.6) is 0 Å². The average Bonchev–Trinajstić information content (AvgIpc) is 2.21. The third-order valence-corrected chi connectivity index (χ3v) is 4.10. The molecule has 0 N–H and O–H groups in total. The molecule has 0 saturated heterocycles. The second-order valence-corrected chi connectivity index (χ2v) is 5.66. The molecule has 0 radical (unpaired) electrons. The van der Waals surface area contributed by atoms with Gasteiger partial charge in [-0.3, -0.25) is 0 Å². The Morgan fingerprint density at radius 1 is 0.941 bits per heavy atom. The molecule has 0 aliphatic heterocycles. The molecule has 0 nitrogen and oxygen atoms in total. The largest absolute Gasteiger partial charge is 0.0831 e. The molecule has 2 aromatic rings. The van der Waals surface area contributed by atoms with E-state index >= 15 is 0 Å². The summed E-state index contributed by atoms with van der Waals surface area (Å²) in [5.41, 5.74) is 6.41. The van der Waals surface area contributed by atoms with Crippen LogP contribution in [0.15, 0.2) is 34.8 Å². The summed E-state index contributed by atoms with van der Waals surface area (Å²) in [7, 11) is 0. The van der Waals surface area contributed by atoms with E-state index in [2.05, 4.69) is 61.0 Å². The molecule has 2 rings (SSSR count). The lowest BCUT2D eigenvalue weighted by molar-refractivity contribution is 1.32. The highest BCUT2D eigenvalue weighted by molar-refractivity contribution is 9.10. The van der Waals surface area contributed by atoms with Gasteiger partial charge in [-0.2, -0.15) is 0 Å². The number of benzene rings is 2. The molecule has 0 unspecified atom stereocenters. The van der Waals surface area contributed by atoms with E-state index in [-0.39, 0.29) is 0 Å². The summed E-state index contributed by atoms with van der Waals surface area (Å²) in [5.74, 6) is 0. The van der Waals surface area contributed by atoms with Crippen molar-refractivity contribution in [2.45, 2.75) is 20.8 Å². The smallest absolute Gasteiger partial charge is 0.0548 e. The number of hydrogen-bond donors (Lipinski definition) is 0. The monoisotopic (exact) mass is 308 g/mol. The lowest BCUT2D eigenvalue weighted by Gasteiger charge is -2.12. The third kappa shape index (κ3) is 2.56. The van der Waals surface area contributed by atoms with Crippen molar-refractivity contribution in [2.75, 3.05) is 0 Å². The fourth-order valence-electron chi connectivity index (χ4n) is 2.29. The minimum Gasteiger partial charge on any atom is -0.0831 e. The molecule has 0 bridgehead atoms. The second kappa shape index (κ2) is 4.83. The van der Waals surface area contributed by atoms with Gasteiger partial charge in [0.15, 0.2) is 0 Å². The summed E-state index contributed by atoms with van der Waals surface area (Å²) in [5, 5.41) is 0.746. The van der Waals surface area contributed by atoms with Crippen LogP contribution in [0.4, 0.5) is 0 Å². The van der Waals surface area contributed by atoms with E-state index in [1.165, 1.54) is 27.8 Å². The van der Waals surface area contributed by atoms with Crippen LogP contribution >= 0.6 is 27.5 Å². The Morgan fingerprint density at radius 3 is 2.06 bits per heavy atom. The summed E-state index contributed by atoms with van der Waals surface area (Å²) < 4.78 is 0.941. The first-order valence-corrected chi connectivity index (χ1v) is 6.69. The minimum atomic E-state index is 0.746. The molecule has 0 aliphatic rings. The highest BCUT2D eigenvalue weighted by Gasteiger charge is 2.08. The maximum atomic E-state index is 6.03. The Balaban J connectivity index is 2.64. The minimum absolute atomic E-state index is 0.746. The van der Waals surface area contributed by atoms with Crippen molar-refractivity contribution in [1.29, 1.82) is 0 Å². The van der Waals surface area contributed by atoms with Gasteiger partial charge in [-0.15, -0.1) is 0 Å². The molecule has 0 amide bonds. The van der Waals surface area contributed by atoms with E-state index in [1.807, 2.05) is 6.07 Å². The van der Waals surface area contributed by atoms with Gasteiger partial charge in [0.05, 0.1) is 5.02 Å². The van der Waals surface area contributed by atoms with Crippen molar-refractivity contribution >= 4 is 27.5 Å². The van der Waals surface area contributed by atoms with Crippen LogP contribution in [0.25, 0.3) is 11.1 Å². The summed E-state index contributed by atoms with van der Waals surface area (Å²) >= 11 is 9.50. The maximum Gasteiger partial charge on any atom is 0.0548 e. The van der Waals surface area contributed by atoms with E-state index in [9.17, 15) is 0 Å². The molecule has 88 valence electrons. The number of rotatable bonds is 1. The molecule has 0 fully saturated rings. The SMILES string of the molecule is Cc1cc(C)c(-c2ccc(Cl)c(Br)c2)c(C)c1. The van der Waals surface area contributed by atoms with Gasteiger partial charge in [0, 0.05) is 4.47 Å². The molecule has 0 saturated carbocycles. The normalized spacial score (nSPS) is 10.6. The zero-order valence-electron chi connectivity index (χ0n) is 10.1. The van der Waals surface area contributed by atoms with Gasteiger partial charge < -0.3 is 0 Å². The van der Waals surface area contributed by atoms with E-state index in [1.54, 1.807) is 0 Å².